The fraction of sp³-hybridized carbons (Fsp3) is 0.333. The van der Waals surface area contributed by atoms with Gasteiger partial charge in [0, 0.05) is 24.7 Å². The normalized spacial score (nSPS) is 21.5. The van der Waals surface area contributed by atoms with Gasteiger partial charge in [0.05, 0.1) is 12.2 Å². The zero-order valence-corrected chi connectivity index (χ0v) is 12.2. The monoisotopic (exact) mass is 302 g/mol. The van der Waals surface area contributed by atoms with Crippen LogP contribution in [0.5, 0.6) is 5.75 Å². The Morgan fingerprint density at radius 2 is 2.00 bits per heavy atom. The zero-order valence-electron chi connectivity index (χ0n) is 12.2. The molecule has 0 spiro atoms. The van der Waals surface area contributed by atoms with Gasteiger partial charge in [0.15, 0.2) is 0 Å². The van der Waals surface area contributed by atoms with Crippen molar-refractivity contribution in [3.05, 3.63) is 65.5 Å². The van der Waals surface area contributed by atoms with E-state index in [4.69, 9.17) is 9.47 Å². The molecular weight excluding hydrogens is 283 g/mol. The van der Waals surface area contributed by atoms with Gasteiger partial charge in [-0.05, 0) is 24.1 Å². The Balaban J connectivity index is 1.66. The van der Waals surface area contributed by atoms with Gasteiger partial charge in [-0.2, -0.15) is 0 Å². The molecule has 0 aliphatic carbocycles. The number of halogens is 1. The Morgan fingerprint density at radius 1 is 1.18 bits per heavy atom. The molecule has 3 rings (SSSR count). The highest BCUT2D eigenvalue weighted by molar-refractivity contribution is 5.31. The van der Waals surface area contributed by atoms with E-state index in [0.717, 1.165) is 5.56 Å². The average molecular weight is 302 g/mol. The second-order valence-corrected chi connectivity index (χ2v) is 5.50. The van der Waals surface area contributed by atoms with Crippen LogP contribution < -0.4 is 4.74 Å². The minimum atomic E-state index is -0.424. The van der Waals surface area contributed by atoms with Gasteiger partial charge in [0.25, 0.3) is 0 Å². The minimum Gasteiger partial charge on any atom is -0.489 e. The van der Waals surface area contributed by atoms with Crippen molar-refractivity contribution in [2.75, 3.05) is 6.61 Å². The maximum Gasteiger partial charge on any atom is 0.132 e. The van der Waals surface area contributed by atoms with Crippen LogP contribution in [0.15, 0.2) is 48.5 Å². The molecule has 1 aliphatic heterocycles. The molecule has 4 heteroatoms. The van der Waals surface area contributed by atoms with Gasteiger partial charge in [-0.3, -0.25) is 0 Å². The molecule has 2 unspecified atom stereocenters. The Labute approximate surface area is 129 Å². The van der Waals surface area contributed by atoms with Crippen molar-refractivity contribution in [2.24, 2.45) is 0 Å². The summed E-state index contributed by atoms with van der Waals surface area (Å²) in [4.78, 5) is 0. The predicted octanol–water partition coefficient (Wildman–Crippen LogP) is 3.62. The number of aliphatic hydroxyl groups is 1. The highest BCUT2D eigenvalue weighted by Gasteiger charge is 2.24. The van der Waals surface area contributed by atoms with Crippen LogP contribution in [0, 0.1) is 5.82 Å². The van der Waals surface area contributed by atoms with Crippen LogP contribution in [-0.4, -0.2) is 17.8 Å². The van der Waals surface area contributed by atoms with E-state index in [1.54, 1.807) is 12.1 Å². The van der Waals surface area contributed by atoms with Crippen molar-refractivity contribution in [2.45, 2.75) is 31.7 Å². The maximum absolute atomic E-state index is 14.2. The van der Waals surface area contributed by atoms with E-state index < -0.39 is 6.10 Å². The van der Waals surface area contributed by atoms with E-state index in [9.17, 15) is 9.50 Å². The predicted molar refractivity (Wildman–Crippen MR) is 81.1 cm³/mol. The van der Waals surface area contributed by atoms with Crippen molar-refractivity contribution in [1.82, 2.24) is 0 Å². The summed E-state index contributed by atoms with van der Waals surface area (Å²) in [5.41, 5.74) is 1.51. The molecule has 1 N–H and O–H groups in total. The lowest BCUT2D eigenvalue weighted by molar-refractivity contribution is -0.0461. The van der Waals surface area contributed by atoms with E-state index in [-0.39, 0.29) is 11.9 Å². The molecule has 116 valence electrons. The van der Waals surface area contributed by atoms with Crippen LogP contribution in [0.3, 0.4) is 0 Å². The fourth-order valence-electron chi connectivity index (χ4n) is 2.60. The lowest BCUT2D eigenvalue weighted by Gasteiger charge is -2.27. The molecule has 3 nitrogen and oxygen atoms in total. The number of hydrogen-bond acceptors (Lipinski definition) is 3. The summed E-state index contributed by atoms with van der Waals surface area (Å²) < 4.78 is 25.4. The van der Waals surface area contributed by atoms with Gasteiger partial charge in [0.1, 0.15) is 18.2 Å². The van der Waals surface area contributed by atoms with Crippen molar-refractivity contribution in [1.29, 1.82) is 0 Å². The topological polar surface area (TPSA) is 38.7 Å². The van der Waals surface area contributed by atoms with E-state index in [0.29, 0.717) is 37.4 Å². The average Bonchev–Trinajstić information content (AvgIpc) is 2.54. The molecule has 1 fully saturated rings. The summed E-state index contributed by atoms with van der Waals surface area (Å²) in [5.74, 6) is 0.131. The number of ether oxygens (including phenoxy) is 2. The van der Waals surface area contributed by atoms with Crippen LogP contribution in [0.4, 0.5) is 4.39 Å². The van der Waals surface area contributed by atoms with E-state index >= 15 is 0 Å². The third-order valence-corrected chi connectivity index (χ3v) is 3.82. The molecule has 1 aliphatic rings. The number of hydrogen-bond donors (Lipinski definition) is 1. The first-order valence-corrected chi connectivity index (χ1v) is 7.48. The molecule has 0 saturated carbocycles. The van der Waals surface area contributed by atoms with Gasteiger partial charge in [-0.25, -0.2) is 4.39 Å². The zero-order chi connectivity index (χ0) is 15.4. The third-order valence-electron chi connectivity index (χ3n) is 3.82. The van der Waals surface area contributed by atoms with Crippen LogP contribution in [0.2, 0.25) is 0 Å². The van der Waals surface area contributed by atoms with E-state index in [1.165, 1.54) is 6.07 Å². The first-order valence-electron chi connectivity index (χ1n) is 7.48. The molecule has 2 atom stereocenters. The molecule has 0 amide bonds. The smallest absolute Gasteiger partial charge is 0.132 e. The Bertz CT molecular complexity index is 615. The number of aliphatic hydroxyl groups excluding tert-OH is 1. The SMILES string of the molecule is OC1CCOC(c2ccc(OCc3ccccc3)cc2F)C1. The lowest BCUT2D eigenvalue weighted by atomic mass is 9.99. The fourth-order valence-corrected chi connectivity index (χ4v) is 2.60. The maximum atomic E-state index is 14.2. The molecule has 0 aromatic heterocycles. The lowest BCUT2D eigenvalue weighted by Crippen LogP contribution is -2.24. The Kier molecular flexibility index (Phi) is 4.71. The minimum absolute atomic E-state index is 0.357. The second-order valence-electron chi connectivity index (χ2n) is 5.50. The molecule has 1 heterocycles. The highest BCUT2D eigenvalue weighted by atomic mass is 19.1. The molecule has 2 aromatic carbocycles. The van der Waals surface area contributed by atoms with E-state index in [1.807, 2.05) is 30.3 Å². The van der Waals surface area contributed by atoms with Crippen molar-refractivity contribution < 1.29 is 19.0 Å². The number of benzene rings is 2. The van der Waals surface area contributed by atoms with Gasteiger partial charge in [0.2, 0.25) is 0 Å². The Morgan fingerprint density at radius 3 is 2.73 bits per heavy atom. The van der Waals surface area contributed by atoms with Gasteiger partial charge < -0.3 is 14.6 Å². The summed E-state index contributed by atoms with van der Waals surface area (Å²) in [5, 5.41) is 9.67. The van der Waals surface area contributed by atoms with Crippen LogP contribution in [0.25, 0.3) is 0 Å². The molecule has 1 saturated heterocycles. The second kappa shape index (κ2) is 6.90. The van der Waals surface area contributed by atoms with Crippen molar-refractivity contribution in [3.8, 4) is 5.75 Å². The Hall–Kier alpha value is -1.91. The molecule has 0 bridgehead atoms. The molecule has 22 heavy (non-hydrogen) atoms. The largest absolute Gasteiger partial charge is 0.489 e. The summed E-state index contributed by atoms with van der Waals surface area (Å²) >= 11 is 0. The summed E-state index contributed by atoms with van der Waals surface area (Å²) in [6.07, 6.45) is 0.233. The van der Waals surface area contributed by atoms with Gasteiger partial charge in [-0.15, -0.1) is 0 Å². The first-order chi connectivity index (χ1) is 10.7. The molecule has 0 radical (unpaired) electrons. The highest BCUT2D eigenvalue weighted by Crippen LogP contribution is 2.31. The van der Waals surface area contributed by atoms with Gasteiger partial charge >= 0.3 is 0 Å². The molecule has 2 aromatic rings. The van der Waals surface area contributed by atoms with Crippen LogP contribution in [0.1, 0.15) is 30.1 Å². The van der Waals surface area contributed by atoms with Gasteiger partial charge in [-0.1, -0.05) is 30.3 Å². The van der Waals surface area contributed by atoms with Crippen LogP contribution in [-0.2, 0) is 11.3 Å². The summed E-state index contributed by atoms with van der Waals surface area (Å²) in [6, 6.07) is 14.5. The first kappa shape index (κ1) is 15.0. The number of rotatable bonds is 4. The van der Waals surface area contributed by atoms with Crippen molar-refractivity contribution >= 4 is 0 Å². The van der Waals surface area contributed by atoms with Crippen LogP contribution >= 0.6 is 0 Å². The summed E-state index contributed by atoms with van der Waals surface area (Å²) in [7, 11) is 0. The quantitative estimate of drug-likeness (QED) is 0.937. The summed E-state index contributed by atoms with van der Waals surface area (Å²) in [6.45, 7) is 0.857. The third kappa shape index (κ3) is 3.64. The van der Waals surface area contributed by atoms with E-state index in [2.05, 4.69) is 0 Å². The van der Waals surface area contributed by atoms with Crippen molar-refractivity contribution in [3.63, 3.8) is 0 Å². The standard InChI is InChI=1S/C18H19FO3/c19-17-11-15(22-12-13-4-2-1-3-5-13)6-7-16(17)18-10-14(20)8-9-21-18/h1-7,11,14,18,20H,8-10,12H2. The molecular formula is C18H19FO3.